The third-order valence-electron chi connectivity index (χ3n) is 2.92. The van der Waals surface area contributed by atoms with Crippen LogP contribution < -0.4 is 10.2 Å². The monoisotopic (exact) mass is 322 g/mol. The van der Waals surface area contributed by atoms with Crippen molar-refractivity contribution in [3.05, 3.63) is 38.4 Å². The quantitative estimate of drug-likeness (QED) is 0.497. The fourth-order valence-electron chi connectivity index (χ4n) is 1.68. The molecule has 8 nitrogen and oxygen atoms in total. The second kappa shape index (κ2) is 6.39. The number of nitrogens with zero attached hydrogens (tertiary/aromatic N) is 3. The minimum absolute atomic E-state index is 0.0305. The van der Waals surface area contributed by atoms with Crippen LogP contribution in [0.2, 0.25) is 0 Å². The van der Waals surface area contributed by atoms with Crippen molar-refractivity contribution in [3.63, 3.8) is 0 Å². The maximum atomic E-state index is 11.1. The number of phenolic OH excluding ortho intramolecular Hbond substituents is 1. The van der Waals surface area contributed by atoms with Crippen molar-refractivity contribution in [1.82, 2.24) is 4.98 Å². The van der Waals surface area contributed by atoms with Crippen molar-refractivity contribution < 1.29 is 14.8 Å². The van der Waals surface area contributed by atoms with Crippen LogP contribution in [-0.2, 0) is 0 Å². The Balaban J connectivity index is 2.26. The topological polar surface area (TPSA) is 110 Å². The van der Waals surface area contributed by atoms with E-state index in [2.05, 4.69) is 15.5 Å². The molecular weight excluding hydrogens is 308 g/mol. The molecule has 0 spiro atoms. The third kappa shape index (κ3) is 3.31. The van der Waals surface area contributed by atoms with Gasteiger partial charge in [-0.15, -0.1) is 11.3 Å². The number of benzene rings is 1. The van der Waals surface area contributed by atoms with Crippen LogP contribution in [0, 0.1) is 24.0 Å². The van der Waals surface area contributed by atoms with Gasteiger partial charge in [-0.2, -0.15) is 5.10 Å². The van der Waals surface area contributed by atoms with Gasteiger partial charge in [0.25, 0.3) is 5.69 Å². The number of anilines is 1. The van der Waals surface area contributed by atoms with E-state index in [-0.39, 0.29) is 22.7 Å². The molecule has 116 valence electrons. The number of aromatic nitrogens is 1. The Morgan fingerprint density at radius 1 is 1.50 bits per heavy atom. The molecule has 0 radical (unpaired) electrons. The van der Waals surface area contributed by atoms with E-state index in [1.807, 2.05) is 13.8 Å². The average Bonchev–Trinajstić information content (AvgIpc) is 2.77. The van der Waals surface area contributed by atoms with Crippen molar-refractivity contribution in [1.29, 1.82) is 0 Å². The standard InChI is InChI=1S/C13H14N4O4S/c1-7-8(2)22-13(15-7)16-14-6-9-4-11(18)12(21-3)5-10(9)17(19)20/h4-6,18H,1-3H3,(H,15,16)/b14-6+. The maximum absolute atomic E-state index is 11.1. The number of nitrogens with one attached hydrogen (secondary N) is 1. The van der Waals surface area contributed by atoms with Crippen LogP contribution >= 0.6 is 11.3 Å². The Morgan fingerprint density at radius 3 is 2.77 bits per heavy atom. The van der Waals surface area contributed by atoms with E-state index >= 15 is 0 Å². The van der Waals surface area contributed by atoms with Gasteiger partial charge in [0, 0.05) is 4.88 Å². The first kappa shape index (κ1) is 15.7. The molecule has 1 aromatic carbocycles. The molecular formula is C13H14N4O4S. The molecule has 1 heterocycles. The first-order chi connectivity index (χ1) is 10.4. The minimum Gasteiger partial charge on any atom is -0.504 e. The Labute approximate surface area is 130 Å². The Bertz CT molecular complexity index is 722. The molecule has 0 saturated carbocycles. The zero-order chi connectivity index (χ0) is 16.3. The molecule has 22 heavy (non-hydrogen) atoms. The van der Waals surface area contributed by atoms with Crippen molar-refractivity contribution in [2.45, 2.75) is 13.8 Å². The van der Waals surface area contributed by atoms with Gasteiger partial charge < -0.3 is 9.84 Å². The molecule has 1 aromatic heterocycles. The summed E-state index contributed by atoms with van der Waals surface area (Å²) in [4.78, 5) is 15.8. The second-order valence-corrected chi connectivity index (χ2v) is 5.57. The van der Waals surface area contributed by atoms with Crippen molar-refractivity contribution in [2.24, 2.45) is 5.10 Å². The zero-order valence-corrected chi connectivity index (χ0v) is 13.0. The number of rotatable bonds is 5. The summed E-state index contributed by atoms with van der Waals surface area (Å²) in [5, 5.41) is 25.3. The summed E-state index contributed by atoms with van der Waals surface area (Å²) in [5.74, 6) is -0.168. The minimum atomic E-state index is -0.568. The number of hydrogen-bond donors (Lipinski definition) is 2. The number of aryl methyl sites for hydroxylation is 2. The van der Waals surface area contributed by atoms with Crippen LogP contribution in [0.4, 0.5) is 10.8 Å². The maximum Gasteiger partial charge on any atom is 0.282 e. The molecule has 0 amide bonds. The smallest absolute Gasteiger partial charge is 0.282 e. The van der Waals surface area contributed by atoms with Gasteiger partial charge in [0.05, 0.1) is 35.6 Å². The van der Waals surface area contributed by atoms with Crippen molar-refractivity contribution >= 4 is 28.4 Å². The summed E-state index contributed by atoms with van der Waals surface area (Å²) >= 11 is 1.43. The van der Waals surface area contributed by atoms with Crippen LogP contribution in [0.25, 0.3) is 0 Å². The largest absolute Gasteiger partial charge is 0.504 e. The Hall–Kier alpha value is -2.68. The highest BCUT2D eigenvalue weighted by Crippen LogP contribution is 2.32. The molecule has 2 N–H and O–H groups in total. The van der Waals surface area contributed by atoms with Gasteiger partial charge in [0.15, 0.2) is 11.5 Å². The van der Waals surface area contributed by atoms with Crippen molar-refractivity contribution in [3.8, 4) is 11.5 Å². The molecule has 0 fully saturated rings. The van der Waals surface area contributed by atoms with Crippen molar-refractivity contribution in [2.75, 3.05) is 12.5 Å². The molecule has 2 rings (SSSR count). The van der Waals surface area contributed by atoms with E-state index in [1.165, 1.54) is 30.7 Å². The van der Waals surface area contributed by atoms with E-state index in [0.717, 1.165) is 16.6 Å². The van der Waals surface area contributed by atoms with Gasteiger partial charge in [-0.25, -0.2) is 4.98 Å². The fraction of sp³-hybridized carbons (Fsp3) is 0.231. The van der Waals surface area contributed by atoms with Gasteiger partial charge in [0.2, 0.25) is 5.13 Å². The first-order valence-electron chi connectivity index (χ1n) is 6.21. The molecule has 0 saturated heterocycles. The number of nitro benzene ring substituents is 1. The highest BCUT2D eigenvalue weighted by Gasteiger charge is 2.17. The zero-order valence-electron chi connectivity index (χ0n) is 12.2. The SMILES string of the molecule is COc1cc([N+](=O)[O-])c(/C=N/Nc2nc(C)c(C)s2)cc1O. The number of hydrogen-bond acceptors (Lipinski definition) is 8. The summed E-state index contributed by atoms with van der Waals surface area (Å²) in [5.41, 5.74) is 3.55. The highest BCUT2D eigenvalue weighted by atomic mass is 32.1. The number of phenols is 1. The van der Waals surface area contributed by atoms with Crippen LogP contribution in [0.15, 0.2) is 17.2 Å². The summed E-state index contributed by atoms with van der Waals surface area (Å²) in [7, 11) is 1.32. The molecule has 0 atom stereocenters. The number of methoxy groups -OCH3 is 1. The molecule has 2 aromatic rings. The first-order valence-corrected chi connectivity index (χ1v) is 7.02. The number of aromatic hydroxyl groups is 1. The van der Waals surface area contributed by atoms with E-state index in [4.69, 9.17) is 4.74 Å². The van der Waals surface area contributed by atoms with Gasteiger partial charge >= 0.3 is 0 Å². The molecule has 0 aliphatic carbocycles. The summed E-state index contributed by atoms with van der Waals surface area (Å²) < 4.78 is 4.86. The number of ether oxygens (including phenoxy) is 1. The van der Waals surface area contributed by atoms with Crippen LogP contribution in [-0.4, -0.2) is 28.3 Å². The Morgan fingerprint density at radius 2 is 2.23 bits per heavy atom. The lowest BCUT2D eigenvalue weighted by Crippen LogP contribution is -1.98. The number of thiazole rings is 1. The Kier molecular flexibility index (Phi) is 4.56. The lowest BCUT2D eigenvalue weighted by molar-refractivity contribution is -0.385. The fourth-order valence-corrected chi connectivity index (χ4v) is 2.44. The summed E-state index contributed by atoms with van der Waals surface area (Å²) in [6.07, 6.45) is 1.25. The van der Waals surface area contributed by atoms with E-state index in [1.54, 1.807) is 0 Å². The van der Waals surface area contributed by atoms with Crippen LogP contribution in [0.5, 0.6) is 11.5 Å². The third-order valence-corrected chi connectivity index (χ3v) is 3.89. The lowest BCUT2D eigenvalue weighted by atomic mass is 10.1. The molecule has 0 unspecified atom stereocenters. The average molecular weight is 322 g/mol. The van der Waals surface area contributed by atoms with Crippen LogP contribution in [0.3, 0.4) is 0 Å². The number of hydrazone groups is 1. The van der Waals surface area contributed by atoms with Gasteiger partial charge in [0.1, 0.15) is 0 Å². The van der Waals surface area contributed by atoms with Gasteiger partial charge in [-0.3, -0.25) is 15.5 Å². The molecule has 9 heteroatoms. The van der Waals surface area contributed by atoms with E-state index in [0.29, 0.717) is 5.13 Å². The molecule has 0 aliphatic rings. The van der Waals surface area contributed by atoms with Gasteiger partial charge in [-0.05, 0) is 19.9 Å². The van der Waals surface area contributed by atoms with Crippen LogP contribution in [0.1, 0.15) is 16.1 Å². The summed E-state index contributed by atoms with van der Waals surface area (Å²) in [6.45, 7) is 3.82. The lowest BCUT2D eigenvalue weighted by Gasteiger charge is -2.04. The normalized spacial score (nSPS) is 10.9. The predicted molar refractivity (Wildman–Crippen MR) is 84.1 cm³/mol. The highest BCUT2D eigenvalue weighted by molar-refractivity contribution is 7.15. The van der Waals surface area contributed by atoms with E-state index in [9.17, 15) is 15.2 Å². The summed E-state index contributed by atoms with van der Waals surface area (Å²) in [6, 6.07) is 2.37. The van der Waals surface area contributed by atoms with Gasteiger partial charge in [-0.1, -0.05) is 0 Å². The van der Waals surface area contributed by atoms with E-state index < -0.39 is 4.92 Å². The number of nitro groups is 1. The molecule has 0 aliphatic heterocycles. The predicted octanol–water partition coefficient (Wildman–Crippen LogP) is 2.83. The molecule has 0 bridgehead atoms. The second-order valence-electron chi connectivity index (χ2n) is 4.37.